The Labute approximate surface area is 169 Å². The molecule has 0 saturated carbocycles. The average molecular weight is 403 g/mol. The molecule has 28 heavy (non-hydrogen) atoms. The fourth-order valence-corrected chi connectivity index (χ4v) is 3.15. The number of hydrogen-bond donors (Lipinski definition) is 2. The molecule has 8 heteroatoms. The van der Waals surface area contributed by atoms with E-state index in [0.717, 1.165) is 16.7 Å². The Balaban J connectivity index is 1.76. The van der Waals surface area contributed by atoms with Crippen molar-refractivity contribution in [3.8, 4) is 0 Å². The fourth-order valence-electron chi connectivity index (χ4n) is 2.99. The summed E-state index contributed by atoms with van der Waals surface area (Å²) in [4.78, 5) is 22.5. The van der Waals surface area contributed by atoms with Crippen LogP contribution in [0.25, 0.3) is 16.6 Å². The summed E-state index contributed by atoms with van der Waals surface area (Å²) in [5.74, 6) is -0.0401. The van der Waals surface area contributed by atoms with Crippen molar-refractivity contribution in [2.45, 2.75) is 26.4 Å². The van der Waals surface area contributed by atoms with Crippen molar-refractivity contribution in [2.75, 3.05) is 20.1 Å². The van der Waals surface area contributed by atoms with E-state index in [4.69, 9.17) is 21.7 Å². The van der Waals surface area contributed by atoms with E-state index >= 15 is 0 Å². The number of nitrogens with zero attached hydrogens (tertiary/aromatic N) is 3. The van der Waals surface area contributed by atoms with Crippen molar-refractivity contribution in [1.29, 1.82) is 5.41 Å². The van der Waals surface area contributed by atoms with Gasteiger partial charge in [0, 0.05) is 30.8 Å². The molecular weight excluding hydrogens is 378 g/mol. The minimum atomic E-state index is -0.525. The maximum Gasteiger partial charge on any atom is 0.410 e. The largest absolute Gasteiger partial charge is 0.444 e. The summed E-state index contributed by atoms with van der Waals surface area (Å²) in [7, 11) is 1.91. The molecule has 148 valence electrons. The Morgan fingerprint density at radius 1 is 1.36 bits per heavy atom. The molecule has 0 radical (unpaired) electrons. The van der Waals surface area contributed by atoms with Gasteiger partial charge in [-0.2, -0.15) is 0 Å². The number of hydrogen-bond acceptors (Lipinski definition) is 5. The van der Waals surface area contributed by atoms with E-state index in [1.807, 2.05) is 51.5 Å². The van der Waals surface area contributed by atoms with E-state index in [0.29, 0.717) is 29.5 Å². The second kappa shape index (κ2) is 7.85. The molecule has 0 bridgehead atoms. The zero-order chi connectivity index (χ0) is 20.5. The monoisotopic (exact) mass is 402 g/mol. The van der Waals surface area contributed by atoms with Crippen LogP contribution in [0.4, 0.5) is 4.79 Å². The number of amides is 1. The molecule has 3 N–H and O–H groups in total. The molecule has 1 aliphatic heterocycles. The van der Waals surface area contributed by atoms with Gasteiger partial charge in [-0.1, -0.05) is 11.6 Å². The number of aromatic nitrogens is 2. The van der Waals surface area contributed by atoms with Gasteiger partial charge in [0.2, 0.25) is 0 Å². The number of quaternary nitrogens is 1. The number of pyridine rings is 2. The van der Waals surface area contributed by atoms with Gasteiger partial charge in [0.25, 0.3) is 0 Å². The number of likely N-dealkylation sites (tertiary alicyclic amines) is 1. The summed E-state index contributed by atoms with van der Waals surface area (Å²) in [5.41, 5.74) is 2.96. The number of fused-ring (bicyclic) bond motifs is 1. The number of nitrogens with two attached hydrogens (primary N) is 1. The molecule has 7 nitrogen and oxygen atoms in total. The van der Waals surface area contributed by atoms with E-state index in [2.05, 4.69) is 9.97 Å². The third-order valence-corrected chi connectivity index (χ3v) is 4.59. The summed E-state index contributed by atoms with van der Waals surface area (Å²) >= 11 is 6.00. The normalized spacial score (nSPS) is 15.5. The Hall–Kier alpha value is -2.51. The van der Waals surface area contributed by atoms with Crippen molar-refractivity contribution in [3.05, 3.63) is 41.3 Å². The van der Waals surface area contributed by atoms with Crippen molar-refractivity contribution in [1.82, 2.24) is 14.9 Å². The summed E-state index contributed by atoms with van der Waals surface area (Å²) < 4.78 is 5.39. The Bertz CT molecular complexity index is 945. The van der Waals surface area contributed by atoms with Gasteiger partial charge >= 0.3 is 6.09 Å². The van der Waals surface area contributed by atoms with Crippen LogP contribution in [0, 0.1) is 11.3 Å². The molecule has 0 aromatic carbocycles. The molecular formula is C20H25ClN5O2+. The van der Waals surface area contributed by atoms with Crippen LogP contribution in [0.2, 0.25) is 5.15 Å². The zero-order valence-electron chi connectivity index (χ0n) is 16.5. The third-order valence-electron chi connectivity index (χ3n) is 4.38. The maximum atomic E-state index is 12.1. The summed E-state index contributed by atoms with van der Waals surface area (Å²) in [6.07, 6.45) is 3.30. The van der Waals surface area contributed by atoms with Crippen LogP contribution in [0.5, 0.6) is 0 Å². The van der Waals surface area contributed by atoms with E-state index in [1.54, 1.807) is 17.2 Å². The lowest BCUT2D eigenvalue weighted by Gasteiger charge is -2.40. The number of nitrogens with one attached hydrogen (secondary N) is 1. The quantitative estimate of drug-likeness (QED) is 0.607. The van der Waals surface area contributed by atoms with Gasteiger partial charge in [-0.25, -0.2) is 9.78 Å². The van der Waals surface area contributed by atoms with Crippen molar-refractivity contribution in [3.63, 3.8) is 0 Å². The lowest BCUT2D eigenvalue weighted by molar-refractivity contribution is -0.555. The molecule has 2 aromatic heterocycles. The minimum absolute atomic E-state index is 0.0401. The highest BCUT2D eigenvalue weighted by Gasteiger charge is 2.37. The van der Waals surface area contributed by atoms with Crippen LogP contribution in [0.15, 0.2) is 30.6 Å². The minimum Gasteiger partial charge on any atom is -0.444 e. The average Bonchev–Trinajstić information content (AvgIpc) is 2.55. The molecule has 1 fully saturated rings. The van der Waals surface area contributed by atoms with Gasteiger partial charge in [-0.05, 0) is 39.0 Å². The lowest BCUT2D eigenvalue weighted by atomic mass is 9.87. The van der Waals surface area contributed by atoms with Gasteiger partial charge in [-0.3, -0.25) is 4.98 Å². The molecule has 2 aromatic rings. The van der Waals surface area contributed by atoms with Crippen molar-refractivity contribution >= 4 is 40.0 Å². The molecule has 0 spiro atoms. The van der Waals surface area contributed by atoms with Gasteiger partial charge in [-0.15, -0.1) is 0 Å². The predicted molar refractivity (Wildman–Crippen MR) is 109 cm³/mol. The van der Waals surface area contributed by atoms with Crippen LogP contribution < -0.4 is 5.32 Å². The Kier molecular flexibility index (Phi) is 5.67. The molecule has 1 aliphatic rings. The van der Waals surface area contributed by atoms with Gasteiger partial charge in [0.15, 0.2) is 0 Å². The van der Waals surface area contributed by atoms with Crippen LogP contribution in [0.1, 0.15) is 26.3 Å². The number of allylic oxidation sites excluding steroid dienone is 1. The van der Waals surface area contributed by atoms with E-state index in [-0.39, 0.29) is 12.0 Å². The van der Waals surface area contributed by atoms with Crippen LogP contribution in [-0.4, -0.2) is 52.4 Å². The molecule has 0 unspecified atom stereocenters. The standard InChI is InChI=1S/C20H24ClN5O2/c1-20(2,3)28-19(27)26-10-13(11-26)18(22)14(9-23-4)12-7-16-15(24-8-12)5-6-17(21)25-16/h5-9,13,22-23H,10-11H2,1-4H3/p+1/b14-9-,22-18?. The SMILES string of the molecule is C[NH2+]/C=C(\C(=N)C1CN(C(=O)OC(C)(C)C)C1)c1cnc2ccc(Cl)nc2c1. The zero-order valence-corrected chi connectivity index (χ0v) is 17.2. The second-order valence-corrected chi connectivity index (χ2v) is 8.19. The highest BCUT2D eigenvalue weighted by Crippen LogP contribution is 2.27. The fraction of sp³-hybridized carbons (Fsp3) is 0.400. The molecule has 1 saturated heterocycles. The van der Waals surface area contributed by atoms with Gasteiger partial charge in [0.1, 0.15) is 17.0 Å². The van der Waals surface area contributed by atoms with Crippen LogP contribution in [-0.2, 0) is 4.74 Å². The van der Waals surface area contributed by atoms with E-state index in [1.165, 1.54) is 0 Å². The first kappa shape index (κ1) is 20.2. The topological polar surface area (TPSA) is 95.8 Å². The summed E-state index contributed by atoms with van der Waals surface area (Å²) in [6.45, 7) is 6.47. The first-order chi connectivity index (χ1) is 13.2. The van der Waals surface area contributed by atoms with Crippen molar-refractivity contribution in [2.24, 2.45) is 5.92 Å². The van der Waals surface area contributed by atoms with Crippen LogP contribution >= 0.6 is 11.6 Å². The first-order valence-electron chi connectivity index (χ1n) is 9.17. The first-order valence-corrected chi connectivity index (χ1v) is 9.55. The summed E-state index contributed by atoms with van der Waals surface area (Å²) in [5, 5.41) is 11.0. The Morgan fingerprint density at radius 2 is 2.07 bits per heavy atom. The van der Waals surface area contributed by atoms with E-state index in [9.17, 15) is 4.79 Å². The second-order valence-electron chi connectivity index (χ2n) is 7.81. The highest BCUT2D eigenvalue weighted by molar-refractivity contribution is 6.29. The number of carbonyl (C=O) groups excluding carboxylic acids is 1. The number of halogens is 1. The van der Waals surface area contributed by atoms with Crippen LogP contribution in [0.3, 0.4) is 0 Å². The maximum absolute atomic E-state index is 12.1. The molecule has 3 rings (SSSR count). The molecule has 0 atom stereocenters. The predicted octanol–water partition coefficient (Wildman–Crippen LogP) is 2.70. The smallest absolute Gasteiger partial charge is 0.410 e. The number of ether oxygens (including phenoxy) is 1. The molecule has 3 heterocycles. The molecule has 0 aliphatic carbocycles. The third kappa shape index (κ3) is 4.48. The summed E-state index contributed by atoms with van der Waals surface area (Å²) in [6, 6.07) is 5.41. The van der Waals surface area contributed by atoms with Crippen molar-refractivity contribution < 1.29 is 14.8 Å². The Morgan fingerprint density at radius 3 is 2.71 bits per heavy atom. The van der Waals surface area contributed by atoms with Gasteiger partial charge in [0.05, 0.1) is 29.4 Å². The van der Waals surface area contributed by atoms with E-state index < -0.39 is 5.60 Å². The van der Waals surface area contributed by atoms with Gasteiger partial charge < -0.3 is 20.4 Å². The number of rotatable bonds is 4. The molecule has 1 amide bonds. The lowest BCUT2D eigenvalue weighted by Crippen LogP contribution is -2.73. The number of carbonyl (C=O) groups is 1. The highest BCUT2D eigenvalue weighted by atomic mass is 35.5.